The van der Waals surface area contributed by atoms with Crippen molar-refractivity contribution in [3.8, 4) is 0 Å². The zero-order valence-corrected chi connectivity index (χ0v) is 17.2. The summed E-state index contributed by atoms with van der Waals surface area (Å²) in [6.45, 7) is 6.82. The van der Waals surface area contributed by atoms with Crippen molar-refractivity contribution in [2.45, 2.75) is 39.3 Å². The van der Waals surface area contributed by atoms with Crippen LogP contribution in [-0.4, -0.2) is 41.0 Å². The van der Waals surface area contributed by atoms with Crippen LogP contribution >= 0.6 is 22.7 Å². The number of carbonyl (C=O) groups is 2. The normalized spacial score (nSPS) is 17.4. The molecule has 0 radical (unpaired) electrons. The lowest BCUT2D eigenvalue weighted by atomic mass is 9.99. The van der Waals surface area contributed by atoms with Crippen LogP contribution in [0.25, 0.3) is 0 Å². The second-order valence-corrected chi connectivity index (χ2v) is 8.61. The molecule has 0 spiro atoms. The number of hydrogen-bond donors (Lipinski definition) is 1. The highest BCUT2D eigenvalue weighted by molar-refractivity contribution is 7.12. The molecule has 3 rings (SSSR count). The molecule has 0 saturated carbocycles. The number of aliphatic hydroxyl groups is 1. The smallest absolute Gasteiger partial charge is 0.290 e. The van der Waals surface area contributed by atoms with E-state index in [0.717, 1.165) is 10.4 Å². The predicted molar refractivity (Wildman–Crippen MR) is 108 cm³/mol. The lowest BCUT2D eigenvalue weighted by molar-refractivity contribution is -0.129. The molecular formula is C20H23NO4S2. The molecule has 7 heteroatoms. The SMILES string of the molecule is Cc1ccsc1C1C(C(=O)c2cccs2)=C(O)C(=O)N1CCCOC(C)C. The van der Waals surface area contributed by atoms with E-state index in [1.54, 1.807) is 17.0 Å². The lowest BCUT2D eigenvalue weighted by Gasteiger charge is -2.26. The van der Waals surface area contributed by atoms with Gasteiger partial charge in [-0.2, -0.15) is 0 Å². The zero-order valence-electron chi connectivity index (χ0n) is 15.6. The first kappa shape index (κ1) is 19.8. The number of aliphatic hydroxyl groups excluding tert-OH is 1. The van der Waals surface area contributed by atoms with Crippen LogP contribution in [0.2, 0.25) is 0 Å². The predicted octanol–water partition coefficient (Wildman–Crippen LogP) is 4.51. The molecule has 3 heterocycles. The number of thiophene rings is 2. The molecule has 0 aromatic carbocycles. The number of carbonyl (C=O) groups excluding carboxylic acids is 2. The third-order valence-corrected chi connectivity index (χ3v) is 6.38. The van der Waals surface area contributed by atoms with Crippen LogP contribution in [0.5, 0.6) is 0 Å². The van der Waals surface area contributed by atoms with Crippen LogP contribution in [0.15, 0.2) is 40.3 Å². The molecule has 1 atom stereocenters. The molecule has 27 heavy (non-hydrogen) atoms. The Labute approximate surface area is 166 Å². The number of rotatable bonds is 8. The maximum atomic E-state index is 13.0. The highest BCUT2D eigenvalue weighted by Gasteiger charge is 2.44. The monoisotopic (exact) mass is 405 g/mol. The quantitative estimate of drug-likeness (QED) is 0.518. The van der Waals surface area contributed by atoms with E-state index in [0.29, 0.717) is 24.4 Å². The Bertz CT molecular complexity index is 851. The van der Waals surface area contributed by atoms with Gasteiger partial charge in [-0.05, 0) is 55.6 Å². The fourth-order valence-electron chi connectivity index (χ4n) is 3.15. The first-order valence-electron chi connectivity index (χ1n) is 8.89. The molecule has 0 fully saturated rings. The minimum atomic E-state index is -0.550. The highest BCUT2D eigenvalue weighted by atomic mass is 32.1. The molecule has 5 nitrogen and oxygen atoms in total. The topological polar surface area (TPSA) is 66.8 Å². The largest absolute Gasteiger partial charge is 0.503 e. The molecule has 1 aliphatic rings. The zero-order chi connectivity index (χ0) is 19.6. The molecule has 1 N–H and O–H groups in total. The third-order valence-electron chi connectivity index (χ3n) is 4.44. The van der Waals surface area contributed by atoms with Crippen LogP contribution in [0.3, 0.4) is 0 Å². The lowest BCUT2D eigenvalue weighted by Crippen LogP contribution is -2.32. The number of ether oxygens (including phenoxy) is 1. The van der Waals surface area contributed by atoms with Crippen molar-refractivity contribution in [1.82, 2.24) is 4.90 Å². The van der Waals surface area contributed by atoms with Crippen LogP contribution in [0.1, 0.15) is 46.4 Å². The number of amides is 1. The maximum absolute atomic E-state index is 13.0. The van der Waals surface area contributed by atoms with E-state index in [1.165, 1.54) is 22.7 Å². The standard InChI is InChI=1S/C20H23NO4S2/c1-12(2)25-9-5-8-21-16(19-13(3)7-11-27-19)15(18(23)20(21)24)17(22)14-6-4-10-26-14/h4,6-7,10-12,16,23H,5,8-9H2,1-3H3. The molecule has 0 bridgehead atoms. The third kappa shape index (κ3) is 4.00. The van der Waals surface area contributed by atoms with Crippen molar-refractivity contribution in [3.05, 3.63) is 55.6 Å². The van der Waals surface area contributed by atoms with E-state index in [4.69, 9.17) is 4.74 Å². The van der Waals surface area contributed by atoms with E-state index in [-0.39, 0.29) is 17.5 Å². The average Bonchev–Trinajstić information content (AvgIpc) is 3.34. The first-order valence-corrected chi connectivity index (χ1v) is 10.7. The van der Waals surface area contributed by atoms with Gasteiger partial charge in [-0.15, -0.1) is 22.7 Å². The summed E-state index contributed by atoms with van der Waals surface area (Å²) in [5.74, 6) is -1.21. The minimum Gasteiger partial charge on any atom is -0.503 e. The molecule has 144 valence electrons. The van der Waals surface area contributed by atoms with Crippen molar-refractivity contribution in [2.24, 2.45) is 0 Å². The van der Waals surface area contributed by atoms with Crippen LogP contribution in [0.4, 0.5) is 0 Å². The van der Waals surface area contributed by atoms with E-state index >= 15 is 0 Å². The molecule has 0 aliphatic carbocycles. The number of ketones is 1. The van der Waals surface area contributed by atoms with Crippen LogP contribution in [0, 0.1) is 6.92 Å². The summed E-state index contributed by atoms with van der Waals surface area (Å²) in [6, 6.07) is 4.92. The maximum Gasteiger partial charge on any atom is 0.290 e. The number of hydrogen-bond acceptors (Lipinski definition) is 6. The van der Waals surface area contributed by atoms with Crippen molar-refractivity contribution >= 4 is 34.4 Å². The highest BCUT2D eigenvalue weighted by Crippen LogP contribution is 2.42. The van der Waals surface area contributed by atoms with Gasteiger partial charge in [0.15, 0.2) is 5.76 Å². The summed E-state index contributed by atoms with van der Waals surface area (Å²) in [6.07, 6.45) is 0.760. The van der Waals surface area contributed by atoms with E-state index in [2.05, 4.69) is 0 Å². The fraction of sp³-hybridized carbons (Fsp3) is 0.400. The fourth-order valence-corrected chi connectivity index (χ4v) is 4.87. The summed E-state index contributed by atoms with van der Waals surface area (Å²) in [5.41, 5.74) is 1.19. The van der Waals surface area contributed by atoms with Gasteiger partial charge in [-0.25, -0.2) is 0 Å². The molecule has 1 unspecified atom stereocenters. The van der Waals surface area contributed by atoms with Crippen molar-refractivity contribution in [1.29, 1.82) is 0 Å². The summed E-state index contributed by atoms with van der Waals surface area (Å²) in [4.78, 5) is 28.8. The van der Waals surface area contributed by atoms with Gasteiger partial charge in [0.25, 0.3) is 5.91 Å². The Morgan fingerprint density at radius 2 is 2.07 bits per heavy atom. The summed E-state index contributed by atoms with van der Waals surface area (Å²) in [7, 11) is 0. The number of nitrogens with zero attached hydrogens (tertiary/aromatic N) is 1. The average molecular weight is 406 g/mol. The van der Waals surface area contributed by atoms with Gasteiger partial charge in [0, 0.05) is 18.0 Å². The van der Waals surface area contributed by atoms with Crippen molar-refractivity contribution < 1.29 is 19.4 Å². The van der Waals surface area contributed by atoms with Gasteiger partial charge in [0.1, 0.15) is 0 Å². The van der Waals surface area contributed by atoms with Crippen molar-refractivity contribution in [2.75, 3.05) is 13.2 Å². The Hall–Kier alpha value is -1.96. The van der Waals surface area contributed by atoms with Gasteiger partial charge in [0.2, 0.25) is 5.78 Å². The summed E-state index contributed by atoms with van der Waals surface area (Å²) < 4.78 is 5.57. The molecule has 1 amide bonds. The Morgan fingerprint density at radius 3 is 2.67 bits per heavy atom. The van der Waals surface area contributed by atoms with Gasteiger partial charge >= 0.3 is 0 Å². The van der Waals surface area contributed by atoms with Crippen LogP contribution < -0.4 is 0 Å². The van der Waals surface area contributed by atoms with Crippen LogP contribution in [-0.2, 0) is 9.53 Å². The molecular weight excluding hydrogens is 382 g/mol. The summed E-state index contributed by atoms with van der Waals surface area (Å²) in [5, 5.41) is 14.3. The van der Waals surface area contributed by atoms with E-state index in [1.807, 2.05) is 37.6 Å². The van der Waals surface area contributed by atoms with Gasteiger partial charge in [-0.1, -0.05) is 6.07 Å². The van der Waals surface area contributed by atoms with Crippen molar-refractivity contribution in [3.63, 3.8) is 0 Å². The molecule has 1 aliphatic heterocycles. The molecule has 0 saturated heterocycles. The Morgan fingerprint density at radius 1 is 1.30 bits per heavy atom. The molecule has 2 aromatic rings. The Balaban J connectivity index is 1.92. The Kier molecular flexibility index (Phi) is 6.14. The van der Waals surface area contributed by atoms with Gasteiger partial charge in [0.05, 0.1) is 22.6 Å². The van der Waals surface area contributed by atoms with Gasteiger partial charge < -0.3 is 14.7 Å². The van der Waals surface area contributed by atoms with E-state index in [9.17, 15) is 14.7 Å². The molecule has 2 aromatic heterocycles. The minimum absolute atomic E-state index is 0.122. The first-order chi connectivity index (χ1) is 12.9. The second kappa shape index (κ2) is 8.37. The number of aryl methyl sites for hydroxylation is 1. The van der Waals surface area contributed by atoms with Gasteiger partial charge in [-0.3, -0.25) is 9.59 Å². The summed E-state index contributed by atoms with van der Waals surface area (Å²) >= 11 is 2.81. The van der Waals surface area contributed by atoms with E-state index < -0.39 is 17.7 Å². The number of Topliss-reactive ketones (excluding diaryl/α,β-unsaturated/α-hetero) is 1. The second-order valence-electron chi connectivity index (χ2n) is 6.71.